The molecule has 0 unspecified atom stereocenters. The second kappa shape index (κ2) is 5.82. The van der Waals surface area contributed by atoms with Gasteiger partial charge in [-0.1, -0.05) is 0 Å². The van der Waals surface area contributed by atoms with E-state index >= 15 is 0 Å². The van der Waals surface area contributed by atoms with Crippen LogP contribution in [-0.4, -0.2) is 53.0 Å². The summed E-state index contributed by atoms with van der Waals surface area (Å²) in [6, 6.07) is 1.65. The molecule has 2 N–H and O–H groups in total. The standard InChI is InChI=1S/C17H23N3O3S/c1-19-10-17(4-5-17)8-12(15(21)18-23)14(19)16(22)20-6-2-11-3-7-24-13(11)9-20/h3,7,12,14,23H,2,4-6,8-10H2,1H3,(H,18,21)/t12-,14-/m0/s1. The quantitative estimate of drug-likeness (QED) is 0.622. The SMILES string of the molecule is CN1CC2(CC2)C[C@H](C(=O)NO)[C@H]1C(=O)N1CCc2ccsc2C1. The molecule has 0 bridgehead atoms. The smallest absolute Gasteiger partial charge is 0.248 e. The summed E-state index contributed by atoms with van der Waals surface area (Å²) >= 11 is 1.69. The number of likely N-dealkylation sites (tertiary alicyclic amines) is 1. The minimum absolute atomic E-state index is 0.0145. The Bertz CT molecular complexity index is 670. The number of rotatable bonds is 2. The van der Waals surface area contributed by atoms with Crippen molar-refractivity contribution in [2.45, 2.75) is 38.3 Å². The molecule has 2 atom stereocenters. The zero-order valence-corrected chi connectivity index (χ0v) is 14.6. The molecule has 1 aliphatic carbocycles. The van der Waals surface area contributed by atoms with Gasteiger partial charge in [0.25, 0.3) is 0 Å². The zero-order valence-electron chi connectivity index (χ0n) is 13.8. The topological polar surface area (TPSA) is 72.9 Å². The maximum atomic E-state index is 13.2. The first-order valence-corrected chi connectivity index (χ1v) is 9.39. The van der Waals surface area contributed by atoms with Gasteiger partial charge in [-0.3, -0.25) is 19.7 Å². The highest BCUT2D eigenvalue weighted by Crippen LogP contribution is 2.54. The third-order valence-corrected chi connectivity index (χ3v) is 6.83. The number of carbonyl (C=O) groups excluding carboxylic acids is 2. The van der Waals surface area contributed by atoms with Crippen molar-refractivity contribution >= 4 is 23.2 Å². The summed E-state index contributed by atoms with van der Waals surface area (Å²) in [6.07, 6.45) is 3.78. The molecule has 7 heteroatoms. The predicted molar refractivity (Wildman–Crippen MR) is 89.6 cm³/mol. The number of hydrogen-bond acceptors (Lipinski definition) is 5. The fraction of sp³-hybridized carbons (Fsp3) is 0.647. The third kappa shape index (κ3) is 2.64. The first-order chi connectivity index (χ1) is 11.5. The molecule has 6 nitrogen and oxygen atoms in total. The van der Waals surface area contributed by atoms with Crippen LogP contribution in [0, 0.1) is 11.3 Å². The molecule has 1 saturated heterocycles. The molecule has 1 aromatic rings. The average Bonchev–Trinajstić information content (AvgIpc) is 3.14. The molecule has 2 amide bonds. The van der Waals surface area contributed by atoms with Crippen molar-refractivity contribution in [1.82, 2.24) is 15.3 Å². The van der Waals surface area contributed by atoms with Crippen molar-refractivity contribution in [3.63, 3.8) is 0 Å². The van der Waals surface area contributed by atoms with E-state index in [1.165, 1.54) is 10.4 Å². The number of likely N-dealkylation sites (N-methyl/N-ethyl adjacent to an activating group) is 1. The third-order valence-electron chi connectivity index (χ3n) is 5.89. The Morgan fingerprint density at radius 1 is 1.42 bits per heavy atom. The van der Waals surface area contributed by atoms with Crippen molar-refractivity contribution < 1.29 is 14.8 Å². The van der Waals surface area contributed by atoms with Crippen molar-refractivity contribution in [2.24, 2.45) is 11.3 Å². The van der Waals surface area contributed by atoms with Crippen LogP contribution in [0.15, 0.2) is 11.4 Å². The summed E-state index contributed by atoms with van der Waals surface area (Å²) in [5.74, 6) is -0.894. The predicted octanol–water partition coefficient (Wildman–Crippen LogP) is 1.24. The van der Waals surface area contributed by atoms with Crippen LogP contribution in [0.25, 0.3) is 0 Å². The van der Waals surface area contributed by atoms with Crippen LogP contribution in [0.4, 0.5) is 0 Å². The first kappa shape index (κ1) is 16.1. The lowest BCUT2D eigenvalue weighted by molar-refractivity contribution is -0.151. The van der Waals surface area contributed by atoms with Crippen LogP contribution >= 0.6 is 11.3 Å². The van der Waals surface area contributed by atoms with Gasteiger partial charge in [-0.2, -0.15) is 0 Å². The lowest BCUT2D eigenvalue weighted by atomic mass is 9.80. The van der Waals surface area contributed by atoms with Gasteiger partial charge in [0.05, 0.1) is 12.5 Å². The Balaban J connectivity index is 1.56. The molecule has 24 heavy (non-hydrogen) atoms. The molecule has 1 spiro atoms. The van der Waals surface area contributed by atoms with E-state index in [0.29, 0.717) is 19.5 Å². The van der Waals surface area contributed by atoms with Crippen LogP contribution in [0.2, 0.25) is 0 Å². The van der Waals surface area contributed by atoms with E-state index in [-0.39, 0.29) is 11.3 Å². The Morgan fingerprint density at radius 2 is 2.21 bits per heavy atom. The van der Waals surface area contributed by atoms with Gasteiger partial charge in [0.15, 0.2) is 0 Å². The Morgan fingerprint density at radius 3 is 2.92 bits per heavy atom. The molecule has 130 valence electrons. The lowest BCUT2D eigenvalue weighted by Crippen LogP contribution is -2.59. The Kier molecular flexibility index (Phi) is 3.89. The molecule has 4 rings (SSSR count). The number of nitrogens with one attached hydrogen (secondary N) is 1. The number of amides is 2. The number of nitrogens with zero attached hydrogens (tertiary/aromatic N) is 2. The molecular formula is C17H23N3O3S. The monoisotopic (exact) mass is 349 g/mol. The van der Waals surface area contributed by atoms with Gasteiger partial charge < -0.3 is 4.90 Å². The Hall–Kier alpha value is -1.44. The van der Waals surface area contributed by atoms with Crippen LogP contribution in [0.3, 0.4) is 0 Å². The number of fused-ring (bicyclic) bond motifs is 1. The number of thiophene rings is 1. The highest BCUT2D eigenvalue weighted by molar-refractivity contribution is 7.10. The maximum Gasteiger partial charge on any atom is 0.248 e. The van der Waals surface area contributed by atoms with Crippen molar-refractivity contribution in [1.29, 1.82) is 0 Å². The van der Waals surface area contributed by atoms with Crippen LogP contribution in [-0.2, 0) is 22.6 Å². The maximum absolute atomic E-state index is 13.2. The highest BCUT2D eigenvalue weighted by Gasteiger charge is 2.55. The van der Waals surface area contributed by atoms with E-state index in [1.54, 1.807) is 16.8 Å². The van der Waals surface area contributed by atoms with E-state index < -0.39 is 17.9 Å². The van der Waals surface area contributed by atoms with Gasteiger partial charge in [-0.15, -0.1) is 11.3 Å². The molecular weight excluding hydrogens is 326 g/mol. The zero-order chi connectivity index (χ0) is 16.9. The van der Waals surface area contributed by atoms with Gasteiger partial charge in [-0.25, -0.2) is 5.48 Å². The normalized spacial score (nSPS) is 28.5. The molecule has 2 aliphatic heterocycles. The van der Waals surface area contributed by atoms with Gasteiger partial charge in [0.1, 0.15) is 6.04 Å². The highest BCUT2D eigenvalue weighted by atomic mass is 32.1. The van der Waals surface area contributed by atoms with E-state index in [0.717, 1.165) is 25.8 Å². The molecule has 1 saturated carbocycles. The van der Waals surface area contributed by atoms with Crippen molar-refractivity contribution in [3.8, 4) is 0 Å². The number of hydrogen-bond donors (Lipinski definition) is 2. The minimum atomic E-state index is -0.482. The average molecular weight is 349 g/mol. The summed E-state index contributed by atoms with van der Waals surface area (Å²) in [4.78, 5) is 30.6. The fourth-order valence-corrected chi connectivity index (χ4v) is 5.36. The second-order valence-corrected chi connectivity index (χ2v) is 8.53. The van der Waals surface area contributed by atoms with E-state index in [9.17, 15) is 9.59 Å². The summed E-state index contributed by atoms with van der Waals surface area (Å²) in [7, 11) is 1.93. The molecule has 3 heterocycles. The molecule has 0 aromatic carbocycles. The largest absolute Gasteiger partial charge is 0.336 e. The summed E-state index contributed by atoms with van der Waals surface area (Å²) in [5, 5.41) is 11.2. The molecule has 1 aromatic heterocycles. The van der Waals surface area contributed by atoms with E-state index in [4.69, 9.17) is 5.21 Å². The van der Waals surface area contributed by atoms with Gasteiger partial charge in [-0.05, 0) is 55.2 Å². The lowest BCUT2D eigenvalue weighted by Gasteiger charge is -2.43. The summed E-state index contributed by atoms with van der Waals surface area (Å²) < 4.78 is 0. The second-order valence-electron chi connectivity index (χ2n) is 7.53. The van der Waals surface area contributed by atoms with E-state index in [1.807, 2.05) is 16.8 Å². The summed E-state index contributed by atoms with van der Waals surface area (Å²) in [5.41, 5.74) is 3.29. The summed E-state index contributed by atoms with van der Waals surface area (Å²) in [6.45, 7) is 2.19. The number of carbonyl (C=O) groups is 2. The molecule has 2 fully saturated rings. The number of hydroxylamine groups is 1. The Labute approximate surface area is 145 Å². The van der Waals surface area contributed by atoms with Crippen LogP contribution in [0.5, 0.6) is 0 Å². The van der Waals surface area contributed by atoms with E-state index in [2.05, 4.69) is 11.4 Å². The molecule has 3 aliphatic rings. The molecule has 0 radical (unpaired) electrons. The van der Waals surface area contributed by atoms with Crippen LogP contribution in [0.1, 0.15) is 29.7 Å². The number of piperidine rings is 1. The van der Waals surface area contributed by atoms with Gasteiger partial charge in [0, 0.05) is 18.0 Å². The van der Waals surface area contributed by atoms with Crippen molar-refractivity contribution in [3.05, 3.63) is 21.9 Å². The minimum Gasteiger partial charge on any atom is -0.336 e. The van der Waals surface area contributed by atoms with Crippen LogP contribution < -0.4 is 5.48 Å². The van der Waals surface area contributed by atoms with Gasteiger partial charge in [0.2, 0.25) is 11.8 Å². The fourth-order valence-electron chi connectivity index (χ4n) is 4.41. The first-order valence-electron chi connectivity index (χ1n) is 8.51. The van der Waals surface area contributed by atoms with Gasteiger partial charge >= 0.3 is 0 Å². The van der Waals surface area contributed by atoms with Crippen molar-refractivity contribution in [2.75, 3.05) is 20.1 Å².